The smallest absolute Gasteiger partial charge is 0.340 e. The van der Waals surface area contributed by atoms with Crippen LogP contribution in [0.25, 0.3) is 5.57 Å². The standard InChI is InChI=1S/C23H24Cl2N2O4/c1-3-31-23(29)18-14-17(27-8-10-30-11-9-27)5-7-21(18)26-22(28)12-15(2)16-4-6-19(24)20(25)13-16/h4-7,12-14H,3,8-11H2,1-2H3,(H,26,28)/b15-12-. The van der Waals surface area contributed by atoms with Gasteiger partial charge in [-0.1, -0.05) is 29.3 Å². The van der Waals surface area contributed by atoms with Gasteiger partial charge in [0.25, 0.3) is 0 Å². The summed E-state index contributed by atoms with van der Waals surface area (Å²) in [5, 5.41) is 3.65. The highest BCUT2D eigenvalue weighted by molar-refractivity contribution is 6.42. The van der Waals surface area contributed by atoms with Crippen molar-refractivity contribution in [2.45, 2.75) is 13.8 Å². The van der Waals surface area contributed by atoms with Crippen LogP contribution in [0.1, 0.15) is 29.8 Å². The summed E-state index contributed by atoms with van der Waals surface area (Å²) in [6, 6.07) is 10.5. The van der Waals surface area contributed by atoms with Crippen LogP contribution in [0.5, 0.6) is 0 Å². The van der Waals surface area contributed by atoms with Crippen LogP contribution in [-0.4, -0.2) is 44.8 Å². The largest absolute Gasteiger partial charge is 0.462 e. The zero-order chi connectivity index (χ0) is 22.4. The predicted molar refractivity (Wildman–Crippen MR) is 124 cm³/mol. The molecular weight excluding hydrogens is 439 g/mol. The summed E-state index contributed by atoms with van der Waals surface area (Å²) >= 11 is 12.0. The zero-order valence-corrected chi connectivity index (χ0v) is 18.9. The van der Waals surface area contributed by atoms with Gasteiger partial charge in [0.05, 0.1) is 41.1 Å². The van der Waals surface area contributed by atoms with Crippen LogP contribution in [0.4, 0.5) is 11.4 Å². The molecule has 1 aliphatic heterocycles. The minimum atomic E-state index is -0.488. The Morgan fingerprint density at radius 2 is 1.87 bits per heavy atom. The maximum absolute atomic E-state index is 12.6. The number of anilines is 2. The van der Waals surface area contributed by atoms with Gasteiger partial charge in [-0.3, -0.25) is 4.79 Å². The molecule has 0 bridgehead atoms. The van der Waals surface area contributed by atoms with Crippen molar-refractivity contribution in [3.63, 3.8) is 0 Å². The molecule has 1 saturated heterocycles. The molecule has 1 fully saturated rings. The van der Waals surface area contributed by atoms with Gasteiger partial charge in [-0.25, -0.2) is 4.79 Å². The number of hydrogen-bond acceptors (Lipinski definition) is 5. The Morgan fingerprint density at radius 1 is 1.13 bits per heavy atom. The van der Waals surface area contributed by atoms with E-state index in [1.54, 1.807) is 44.2 Å². The molecule has 6 nitrogen and oxygen atoms in total. The number of nitrogens with zero attached hydrogens (tertiary/aromatic N) is 1. The van der Waals surface area contributed by atoms with Gasteiger partial charge in [0, 0.05) is 24.9 Å². The van der Waals surface area contributed by atoms with Crippen molar-refractivity contribution in [2.75, 3.05) is 43.1 Å². The molecule has 0 spiro atoms. The van der Waals surface area contributed by atoms with E-state index in [2.05, 4.69) is 10.2 Å². The number of carbonyl (C=O) groups excluding carboxylic acids is 2. The van der Waals surface area contributed by atoms with Crippen molar-refractivity contribution in [1.29, 1.82) is 0 Å². The Labute approximate surface area is 191 Å². The maximum Gasteiger partial charge on any atom is 0.340 e. The Kier molecular flexibility index (Phi) is 7.96. The van der Waals surface area contributed by atoms with E-state index in [0.29, 0.717) is 40.1 Å². The highest BCUT2D eigenvalue weighted by Crippen LogP contribution is 2.27. The lowest BCUT2D eigenvalue weighted by Gasteiger charge is -2.29. The molecule has 2 aromatic carbocycles. The van der Waals surface area contributed by atoms with E-state index < -0.39 is 5.97 Å². The zero-order valence-electron chi connectivity index (χ0n) is 17.4. The summed E-state index contributed by atoms with van der Waals surface area (Å²) in [5.41, 5.74) is 3.06. The van der Waals surface area contributed by atoms with E-state index in [-0.39, 0.29) is 12.5 Å². The second-order valence-electron chi connectivity index (χ2n) is 7.00. The van der Waals surface area contributed by atoms with Gasteiger partial charge in [-0.05, 0) is 55.3 Å². The van der Waals surface area contributed by atoms with Gasteiger partial charge in [0.15, 0.2) is 0 Å². The van der Waals surface area contributed by atoms with Crippen molar-refractivity contribution in [3.05, 3.63) is 63.6 Å². The molecule has 8 heteroatoms. The summed E-state index contributed by atoms with van der Waals surface area (Å²) < 4.78 is 10.6. The molecule has 1 N–H and O–H groups in total. The SMILES string of the molecule is CCOC(=O)c1cc(N2CCOCC2)ccc1NC(=O)/C=C(/C)c1ccc(Cl)c(Cl)c1. The highest BCUT2D eigenvalue weighted by atomic mass is 35.5. The molecule has 31 heavy (non-hydrogen) atoms. The van der Waals surface area contributed by atoms with E-state index in [0.717, 1.165) is 24.3 Å². The lowest BCUT2D eigenvalue weighted by Crippen LogP contribution is -2.36. The summed E-state index contributed by atoms with van der Waals surface area (Å²) in [4.78, 5) is 27.3. The van der Waals surface area contributed by atoms with Crippen molar-refractivity contribution in [2.24, 2.45) is 0 Å². The summed E-state index contributed by atoms with van der Waals surface area (Å²) in [6.07, 6.45) is 1.45. The topological polar surface area (TPSA) is 67.9 Å². The molecule has 1 heterocycles. The van der Waals surface area contributed by atoms with Crippen molar-refractivity contribution < 1.29 is 19.1 Å². The number of rotatable bonds is 6. The third-order valence-electron chi connectivity index (χ3n) is 4.86. The third-order valence-corrected chi connectivity index (χ3v) is 5.59. The molecule has 1 aliphatic rings. The quantitative estimate of drug-likeness (QED) is 0.480. The number of nitrogens with one attached hydrogen (secondary N) is 1. The lowest BCUT2D eigenvalue weighted by molar-refractivity contribution is -0.111. The number of morpholine rings is 1. The first-order valence-electron chi connectivity index (χ1n) is 9.97. The minimum absolute atomic E-state index is 0.240. The predicted octanol–water partition coefficient (Wildman–Crippen LogP) is 5.05. The van der Waals surface area contributed by atoms with Crippen LogP contribution in [0.15, 0.2) is 42.5 Å². The second-order valence-corrected chi connectivity index (χ2v) is 7.81. The maximum atomic E-state index is 12.6. The van der Waals surface area contributed by atoms with Gasteiger partial charge < -0.3 is 19.7 Å². The number of carbonyl (C=O) groups is 2. The van der Waals surface area contributed by atoms with Crippen LogP contribution < -0.4 is 10.2 Å². The van der Waals surface area contributed by atoms with E-state index in [1.165, 1.54) is 6.08 Å². The van der Waals surface area contributed by atoms with E-state index in [9.17, 15) is 9.59 Å². The van der Waals surface area contributed by atoms with Crippen molar-refractivity contribution in [3.8, 4) is 0 Å². The average Bonchev–Trinajstić information content (AvgIpc) is 2.76. The Hall–Kier alpha value is -2.54. The molecule has 0 atom stereocenters. The fourth-order valence-corrected chi connectivity index (χ4v) is 3.53. The number of hydrogen-bond donors (Lipinski definition) is 1. The molecule has 164 valence electrons. The molecule has 0 radical (unpaired) electrons. The van der Waals surface area contributed by atoms with Crippen LogP contribution in [0, 0.1) is 0 Å². The Bertz CT molecular complexity index is 1000. The third kappa shape index (κ3) is 6.00. The molecular formula is C23H24Cl2N2O4. The first-order chi connectivity index (χ1) is 14.9. The second kappa shape index (κ2) is 10.7. The van der Waals surface area contributed by atoms with Crippen LogP contribution in [0.2, 0.25) is 10.0 Å². The summed E-state index contributed by atoms with van der Waals surface area (Å²) in [7, 11) is 0. The molecule has 0 aliphatic carbocycles. The van der Waals surface area contributed by atoms with Gasteiger partial charge in [-0.2, -0.15) is 0 Å². The van der Waals surface area contributed by atoms with Crippen molar-refractivity contribution >= 4 is 52.0 Å². The van der Waals surface area contributed by atoms with Crippen molar-refractivity contribution in [1.82, 2.24) is 0 Å². The van der Waals surface area contributed by atoms with Gasteiger partial charge in [-0.15, -0.1) is 0 Å². The number of allylic oxidation sites excluding steroid dienone is 1. The number of ether oxygens (including phenoxy) is 2. The van der Waals surface area contributed by atoms with Crippen LogP contribution >= 0.6 is 23.2 Å². The monoisotopic (exact) mass is 462 g/mol. The lowest BCUT2D eigenvalue weighted by atomic mass is 10.1. The van der Waals surface area contributed by atoms with Crippen LogP contribution in [0.3, 0.4) is 0 Å². The first kappa shape index (κ1) is 23.1. The molecule has 1 amide bonds. The molecule has 0 aromatic heterocycles. The number of amides is 1. The Morgan fingerprint density at radius 3 is 2.55 bits per heavy atom. The Balaban J connectivity index is 1.83. The number of esters is 1. The summed E-state index contributed by atoms with van der Waals surface area (Å²) in [6.45, 7) is 6.51. The normalized spacial score (nSPS) is 14.3. The molecule has 3 rings (SSSR count). The highest BCUT2D eigenvalue weighted by Gasteiger charge is 2.18. The minimum Gasteiger partial charge on any atom is -0.462 e. The van der Waals surface area contributed by atoms with E-state index >= 15 is 0 Å². The summed E-state index contributed by atoms with van der Waals surface area (Å²) in [5.74, 6) is -0.855. The van der Waals surface area contributed by atoms with Gasteiger partial charge >= 0.3 is 5.97 Å². The number of benzene rings is 2. The van der Waals surface area contributed by atoms with Gasteiger partial charge in [0.2, 0.25) is 5.91 Å². The van der Waals surface area contributed by atoms with Gasteiger partial charge in [0.1, 0.15) is 0 Å². The van der Waals surface area contributed by atoms with E-state index in [1.807, 2.05) is 6.07 Å². The molecule has 0 unspecified atom stereocenters. The molecule has 2 aromatic rings. The molecule has 0 saturated carbocycles. The fourth-order valence-electron chi connectivity index (χ4n) is 3.23. The number of halogens is 2. The fraction of sp³-hybridized carbons (Fsp3) is 0.304. The van der Waals surface area contributed by atoms with Crippen LogP contribution in [-0.2, 0) is 14.3 Å². The van der Waals surface area contributed by atoms with E-state index in [4.69, 9.17) is 32.7 Å². The first-order valence-corrected chi connectivity index (χ1v) is 10.7. The average molecular weight is 463 g/mol.